The number of phenolic OH excluding ortho intramolecular Hbond substituents is 1. The fourth-order valence-electron chi connectivity index (χ4n) is 3.27. The van der Waals surface area contributed by atoms with E-state index in [1.807, 2.05) is 0 Å². The fourth-order valence-corrected chi connectivity index (χ4v) is 4.36. The molecule has 0 radical (unpaired) electrons. The van der Waals surface area contributed by atoms with Gasteiger partial charge < -0.3 is 21.7 Å². The number of anilines is 1. The summed E-state index contributed by atoms with van der Waals surface area (Å²) in [7, 11) is -3.98. The number of hydrogen-bond acceptors (Lipinski definition) is 5. The van der Waals surface area contributed by atoms with Crippen LogP contribution < -0.4 is 16.2 Å². The number of aliphatic imine (C=N–C) groups is 1. The number of nitrogens with two attached hydrogens (primary N) is 2. The van der Waals surface area contributed by atoms with E-state index in [4.69, 9.17) is 11.5 Å². The van der Waals surface area contributed by atoms with Gasteiger partial charge in [0.1, 0.15) is 5.75 Å². The smallest absolute Gasteiger partial charge is 0.304 e. The molecule has 9 nitrogen and oxygen atoms in total. The highest BCUT2D eigenvalue weighted by Crippen LogP contribution is 2.35. The van der Waals surface area contributed by atoms with Crippen LogP contribution >= 0.6 is 0 Å². The van der Waals surface area contributed by atoms with Gasteiger partial charge in [-0.25, -0.2) is 13.4 Å². The quantitative estimate of drug-likeness (QED) is 0.257. The van der Waals surface area contributed by atoms with E-state index in [2.05, 4.69) is 9.71 Å². The Hall–Kier alpha value is -4.05. The van der Waals surface area contributed by atoms with Crippen molar-refractivity contribution in [1.29, 1.82) is 0 Å². The number of aliphatic carboxylic acids is 1. The van der Waals surface area contributed by atoms with Crippen molar-refractivity contribution in [3.63, 3.8) is 0 Å². The number of nitrogens with zero attached hydrogens (tertiary/aromatic N) is 1. The van der Waals surface area contributed by atoms with Crippen molar-refractivity contribution in [2.45, 2.75) is 17.2 Å². The third-order valence-electron chi connectivity index (χ3n) is 4.62. The van der Waals surface area contributed by atoms with Crippen LogP contribution in [-0.2, 0) is 14.8 Å². The molecule has 3 aromatic rings. The minimum Gasteiger partial charge on any atom is -0.508 e. The number of rotatable bonds is 8. The lowest BCUT2D eigenvalue weighted by molar-refractivity contribution is -0.137. The van der Waals surface area contributed by atoms with Gasteiger partial charge in [-0.05, 0) is 42.0 Å². The molecule has 0 aromatic heterocycles. The summed E-state index contributed by atoms with van der Waals surface area (Å²) in [4.78, 5) is 15.3. The predicted molar refractivity (Wildman–Crippen MR) is 121 cm³/mol. The highest BCUT2D eigenvalue weighted by atomic mass is 32.2. The van der Waals surface area contributed by atoms with Crippen LogP contribution in [0.4, 0.5) is 11.4 Å². The van der Waals surface area contributed by atoms with Crippen LogP contribution in [0, 0.1) is 0 Å². The highest BCUT2D eigenvalue weighted by Gasteiger charge is 2.22. The van der Waals surface area contributed by atoms with E-state index in [1.54, 1.807) is 42.5 Å². The summed E-state index contributed by atoms with van der Waals surface area (Å²) < 4.78 is 28.2. The predicted octanol–water partition coefficient (Wildman–Crippen LogP) is 2.70. The molecular formula is C22H22N4O5S. The molecule has 7 N–H and O–H groups in total. The lowest BCUT2D eigenvalue weighted by Gasteiger charge is -2.18. The maximum absolute atomic E-state index is 12.9. The van der Waals surface area contributed by atoms with E-state index in [-0.39, 0.29) is 34.4 Å². The van der Waals surface area contributed by atoms with E-state index in [0.717, 1.165) is 0 Å². The largest absolute Gasteiger partial charge is 0.508 e. The zero-order chi connectivity index (χ0) is 23.3. The third-order valence-corrected chi connectivity index (χ3v) is 6.00. The summed E-state index contributed by atoms with van der Waals surface area (Å²) in [5.74, 6) is -1.97. The van der Waals surface area contributed by atoms with Crippen LogP contribution in [0.3, 0.4) is 0 Å². The molecule has 1 atom stereocenters. The Morgan fingerprint density at radius 3 is 2.41 bits per heavy atom. The molecule has 0 saturated heterocycles. The first-order chi connectivity index (χ1) is 15.2. The molecule has 0 aliphatic heterocycles. The van der Waals surface area contributed by atoms with Crippen molar-refractivity contribution >= 4 is 33.3 Å². The Labute approximate surface area is 185 Å². The average Bonchev–Trinajstić information content (AvgIpc) is 2.72. The van der Waals surface area contributed by atoms with Crippen LogP contribution in [-0.4, -0.2) is 30.6 Å². The number of aromatic hydroxyl groups is 1. The van der Waals surface area contributed by atoms with E-state index in [0.29, 0.717) is 11.1 Å². The average molecular weight is 455 g/mol. The molecule has 10 heteroatoms. The molecule has 0 amide bonds. The Bertz CT molecular complexity index is 1270. The number of nitrogens with one attached hydrogen (secondary N) is 1. The molecule has 0 fully saturated rings. The summed E-state index contributed by atoms with van der Waals surface area (Å²) in [6.07, 6.45) is -0.283. The second-order valence-corrected chi connectivity index (χ2v) is 8.66. The highest BCUT2D eigenvalue weighted by molar-refractivity contribution is 7.92. The summed E-state index contributed by atoms with van der Waals surface area (Å²) >= 11 is 0. The van der Waals surface area contributed by atoms with Gasteiger partial charge in [-0.2, -0.15) is 0 Å². The van der Waals surface area contributed by atoms with E-state index >= 15 is 0 Å². The van der Waals surface area contributed by atoms with Crippen molar-refractivity contribution in [2.24, 2.45) is 16.5 Å². The zero-order valence-corrected chi connectivity index (χ0v) is 17.7. The van der Waals surface area contributed by atoms with Crippen molar-refractivity contribution in [1.82, 2.24) is 0 Å². The molecule has 0 heterocycles. The van der Waals surface area contributed by atoms with Crippen LogP contribution in [0.5, 0.6) is 5.75 Å². The number of benzene rings is 3. The standard InChI is InChI=1S/C22H22N4O5S/c23-22(24)25-15-6-4-8-17(12-15)32(30,31)26-16-7-3-5-14(11-16)19(13-21(28)29)18-9-1-2-10-20(18)27/h1-12,19,26-27H,13H2,(H,28,29)(H4,23,24,25). The number of carbonyl (C=O) groups is 1. The van der Waals surface area contributed by atoms with Gasteiger partial charge in [0, 0.05) is 17.2 Å². The molecular weight excluding hydrogens is 432 g/mol. The Morgan fingerprint density at radius 1 is 1.00 bits per heavy atom. The van der Waals surface area contributed by atoms with Crippen molar-refractivity contribution in [3.05, 3.63) is 83.9 Å². The van der Waals surface area contributed by atoms with Gasteiger partial charge in [0.15, 0.2) is 5.96 Å². The second-order valence-electron chi connectivity index (χ2n) is 6.97. The molecule has 0 bridgehead atoms. The SMILES string of the molecule is NC(N)=Nc1cccc(S(=O)(=O)Nc2cccc(C(CC(=O)O)c3ccccc3O)c2)c1. The topological polar surface area (TPSA) is 168 Å². The van der Waals surface area contributed by atoms with Crippen LogP contribution in [0.15, 0.2) is 82.7 Å². The summed E-state index contributed by atoms with van der Waals surface area (Å²) in [5, 5.41) is 19.6. The molecule has 0 aliphatic rings. The lowest BCUT2D eigenvalue weighted by Crippen LogP contribution is -2.22. The van der Waals surface area contributed by atoms with Gasteiger partial charge >= 0.3 is 5.97 Å². The number of hydrogen-bond donors (Lipinski definition) is 5. The van der Waals surface area contributed by atoms with Gasteiger partial charge in [-0.1, -0.05) is 36.4 Å². The van der Waals surface area contributed by atoms with Gasteiger partial charge in [0.2, 0.25) is 0 Å². The van der Waals surface area contributed by atoms with Crippen LogP contribution in [0.1, 0.15) is 23.5 Å². The molecule has 166 valence electrons. The second kappa shape index (κ2) is 9.40. The Balaban J connectivity index is 1.95. The third kappa shape index (κ3) is 5.55. The first-order valence-corrected chi connectivity index (χ1v) is 11.0. The van der Waals surface area contributed by atoms with Crippen LogP contribution in [0.2, 0.25) is 0 Å². The number of carboxylic acid groups (broad SMARTS) is 1. The zero-order valence-electron chi connectivity index (χ0n) is 16.8. The number of sulfonamides is 1. The molecule has 1 unspecified atom stereocenters. The molecule has 3 rings (SSSR count). The Morgan fingerprint density at radius 2 is 1.72 bits per heavy atom. The van der Waals surface area contributed by atoms with Crippen molar-refractivity contribution in [3.8, 4) is 5.75 Å². The molecule has 0 aliphatic carbocycles. The first-order valence-electron chi connectivity index (χ1n) is 9.48. The monoisotopic (exact) mass is 454 g/mol. The number of guanidine groups is 1. The van der Waals surface area contributed by atoms with E-state index in [9.17, 15) is 23.4 Å². The maximum Gasteiger partial charge on any atom is 0.304 e. The summed E-state index contributed by atoms with van der Waals surface area (Å²) in [6.45, 7) is 0. The number of carboxylic acids is 1. The summed E-state index contributed by atoms with van der Waals surface area (Å²) in [6, 6.07) is 18.6. The fraction of sp³-hybridized carbons (Fsp3) is 0.0909. The van der Waals surface area contributed by atoms with Gasteiger partial charge in [-0.3, -0.25) is 9.52 Å². The van der Waals surface area contributed by atoms with Gasteiger partial charge in [0.05, 0.1) is 17.0 Å². The first kappa shape index (κ1) is 22.6. The van der Waals surface area contributed by atoms with E-state index < -0.39 is 21.9 Å². The molecule has 0 spiro atoms. The van der Waals surface area contributed by atoms with Gasteiger partial charge in [0.25, 0.3) is 10.0 Å². The van der Waals surface area contributed by atoms with Crippen molar-refractivity contribution in [2.75, 3.05) is 4.72 Å². The van der Waals surface area contributed by atoms with Crippen LogP contribution in [0.25, 0.3) is 0 Å². The van der Waals surface area contributed by atoms with Gasteiger partial charge in [-0.15, -0.1) is 0 Å². The maximum atomic E-state index is 12.9. The lowest BCUT2D eigenvalue weighted by atomic mass is 9.88. The minimum absolute atomic E-state index is 0.0405. The normalized spacial score (nSPS) is 12.0. The summed E-state index contributed by atoms with van der Waals surface area (Å²) in [5.41, 5.74) is 12.2. The minimum atomic E-state index is -3.98. The number of phenols is 1. The molecule has 3 aromatic carbocycles. The van der Waals surface area contributed by atoms with E-state index in [1.165, 1.54) is 30.3 Å². The number of para-hydroxylation sites is 1. The van der Waals surface area contributed by atoms with Crippen molar-refractivity contribution < 1.29 is 23.4 Å². The molecule has 0 saturated carbocycles. The Kier molecular flexibility index (Phi) is 6.64. The molecule has 32 heavy (non-hydrogen) atoms.